The Balaban J connectivity index is 3.18. The van der Waals surface area contributed by atoms with Crippen LogP contribution in [0.5, 0.6) is 0 Å². The third-order valence-corrected chi connectivity index (χ3v) is 1.85. The first-order chi connectivity index (χ1) is 7.20. The monoisotopic (exact) mass is 216 g/mol. The van der Waals surface area contributed by atoms with Crippen LogP contribution in [0.2, 0.25) is 0 Å². The number of esters is 1. The van der Waals surface area contributed by atoms with Crippen LogP contribution in [0.4, 0.5) is 0 Å². The van der Waals surface area contributed by atoms with Crippen LogP contribution < -0.4 is 10.6 Å². The van der Waals surface area contributed by atoms with Gasteiger partial charge in [-0.2, -0.15) is 0 Å². The second-order valence-electron chi connectivity index (χ2n) is 3.08. The van der Waals surface area contributed by atoms with Crippen molar-refractivity contribution < 1.29 is 14.3 Å². The number of rotatable bonds is 8. The summed E-state index contributed by atoms with van der Waals surface area (Å²) < 4.78 is 4.76. The number of nitrogens with one attached hydrogen (secondary N) is 2. The van der Waals surface area contributed by atoms with Crippen molar-refractivity contribution in [3.8, 4) is 0 Å². The Morgan fingerprint density at radius 1 is 1.20 bits per heavy atom. The van der Waals surface area contributed by atoms with E-state index in [0.29, 0.717) is 26.0 Å². The lowest BCUT2D eigenvalue weighted by atomic mass is 10.3. The zero-order chi connectivity index (χ0) is 11.5. The van der Waals surface area contributed by atoms with Crippen LogP contribution in [0.1, 0.15) is 26.2 Å². The topological polar surface area (TPSA) is 67.4 Å². The van der Waals surface area contributed by atoms with Crippen LogP contribution in [-0.2, 0) is 14.3 Å². The number of carbonyl (C=O) groups excluding carboxylic acids is 2. The summed E-state index contributed by atoms with van der Waals surface area (Å²) in [5.41, 5.74) is 0. The molecular formula is C10H20N2O3. The first kappa shape index (κ1) is 13.9. The normalized spacial score (nSPS) is 9.73. The van der Waals surface area contributed by atoms with Crippen LogP contribution >= 0.6 is 0 Å². The summed E-state index contributed by atoms with van der Waals surface area (Å²) in [7, 11) is 1.62. The molecule has 0 aliphatic heterocycles. The number of hydrogen-bond donors (Lipinski definition) is 2. The van der Waals surface area contributed by atoms with Crippen LogP contribution in [0, 0.1) is 0 Å². The van der Waals surface area contributed by atoms with Gasteiger partial charge < -0.3 is 15.4 Å². The summed E-state index contributed by atoms with van der Waals surface area (Å²) in [6, 6.07) is 0. The van der Waals surface area contributed by atoms with E-state index in [1.165, 1.54) is 0 Å². The largest absolute Gasteiger partial charge is 0.466 e. The lowest BCUT2D eigenvalue weighted by Gasteiger charge is -2.04. The van der Waals surface area contributed by atoms with Gasteiger partial charge in [0.15, 0.2) is 0 Å². The first-order valence-corrected chi connectivity index (χ1v) is 5.27. The molecule has 0 saturated heterocycles. The maximum absolute atomic E-state index is 10.9. The van der Waals surface area contributed by atoms with Gasteiger partial charge in [0.2, 0.25) is 5.91 Å². The zero-order valence-corrected chi connectivity index (χ0v) is 9.47. The third kappa shape index (κ3) is 9.21. The molecule has 0 atom stereocenters. The zero-order valence-electron chi connectivity index (χ0n) is 9.47. The SMILES string of the molecule is CCOC(=O)CCNCCCC(=O)NC. The number of ether oxygens (including phenoxy) is 1. The Bertz CT molecular complexity index is 195. The van der Waals surface area contributed by atoms with E-state index in [2.05, 4.69) is 10.6 Å². The molecule has 0 heterocycles. The summed E-state index contributed by atoms with van der Waals surface area (Å²) in [6.45, 7) is 3.56. The van der Waals surface area contributed by atoms with Crippen molar-refractivity contribution in [2.24, 2.45) is 0 Å². The summed E-state index contributed by atoms with van der Waals surface area (Å²) in [5.74, 6) is -0.140. The molecule has 0 aromatic rings. The molecule has 1 amide bonds. The molecule has 0 fully saturated rings. The van der Waals surface area contributed by atoms with E-state index in [1.54, 1.807) is 14.0 Å². The first-order valence-electron chi connectivity index (χ1n) is 5.27. The van der Waals surface area contributed by atoms with E-state index in [-0.39, 0.29) is 11.9 Å². The molecule has 0 unspecified atom stereocenters. The van der Waals surface area contributed by atoms with Gasteiger partial charge in [-0.15, -0.1) is 0 Å². The van der Waals surface area contributed by atoms with Crippen molar-refractivity contribution in [3.63, 3.8) is 0 Å². The Kier molecular flexibility index (Phi) is 8.76. The molecule has 5 nitrogen and oxygen atoms in total. The molecule has 0 rings (SSSR count). The maximum atomic E-state index is 10.9. The quantitative estimate of drug-likeness (QED) is 0.444. The summed E-state index contributed by atoms with van der Waals surface area (Å²) in [6.07, 6.45) is 1.68. The molecule has 0 aromatic carbocycles. The van der Waals surface area contributed by atoms with Crippen molar-refractivity contribution in [1.82, 2.24) is 10.6 Å². The molecule has 5 heteroatoms. The minimum absolute atomic E-state index is 0.0437. The van der Waals surface area contributed by atoms with E-state index < -0.39 is 0 Å². The second-order valence-corrected chi connectivity index (χ2v) is 3.08. The highest BCUT2D eigenvalue weighted by atomic mass is 16.5. The fourth-order valence-electron chi connectivity index (χ4n) is 1.05. The van der Waals surface area contributed by atoms with Gasteiger partial charge in [0.05, 0.1) is 13.0 Å². The van der Waals surface area contributed by atoms with Gasteiger partial charge in [0.25, 0.3) is 0 Å². The van der Waals surface area contributed by atoms with E-state index in [4.69, 9.17) is 4.74 Å². The van der Waals surface area contributed by atoms with E-state index in [1.807, 2.05) is 0 Å². The highest BCUT2D eigenvalue weighted by Crippen LogP contribution is 1.88. The Hall–Kier alpha value is -1.10. The molecule has 0 saturated carbocycles. The summed E-state index contributed by atoms with van der Waals surface area (Å²) >= 11 is 0. The fourth-order valence-corrected chi connectivity index (χ4v) is 1.05. The van der Waals surface area contributed by atoms with Gasteiger partial charge in [-0.1, -0.05) is 0 Å². The van der Waals surface area contributed by atoms with Crippen LogP contribution in [0.25, 0.3) is 0 Å². The average Bonchev–Trinajstić information content (AvgIpc) is 2.23. The molecule has 0 aliphatic rings. The molecule has 2 N–H and O–H groups in total. The van der Waals surface area contributed by atoms with Crippen molar-refractivity contribution in [1.29, 1.82) is 0 Å². The highest BCUT2D eigenvalue weighted by Gasteiger charge is 2.00. The molecule has 0 radical (unpaired) electrons. The van der Waals surface area contributed by atoms with E-state index in [0.717, 1.165) is 13.0 Å². The van der Waals surface area contributed by atoms with Gasteiger partial charge >= 0.3 is 5.97 Å². The van der Waals surface area contributed by atoms with Crippen molar-refractivity contribution in [3.05, 3.63) is 0 Å². The summed E-state index contributed by atoms with van der Waals surface area (Å²) in [5, 5.41) is 5.62. The Morgan fingerprint density at radius 2 is 1.93 bits per heavy atom. The van der Waals surface area contributed by atoms with Crippen molar-refractivity contribution in [2.45, 2.75) is 26.2 Å². The van der Waals surface area contributed by atoms with E-state index in [9.17, 15) is 9.59 Å². The van der Waals surface area contributed by atoms with Crippen LogP contribution in [-0.4, -0.2) is 38.6 Å². The smallest absolute Gasteiger partial charge is 0.307 e. The average molecular weight is 216 g/mol. The standard InChI is InChI=1S/C10H20N2O3/c1-3-15-10(14)6-8-12-7-4-5-9(13)11-2/h12H,3-8H2,1-2H3,(H,11,13). The highest BCUT2D eigenvalue weighted by molar-refractivity contribution is 5.75. The number of carbonyl (C=O) groups is 2. The Labute approximate surface area is 90.6 Å². The predicted molar refractivity (Wildman–Crippen MR) is 57.4 cm³/mol. The maximum Gasteiger partial charge on any atom is 0.307 e. The summed E-state index contributed by atoms with van der Waals surface area (Å²) in [4.78, 5) is 21.7. The molecule has 0 aliphatic carbocycles. The van der Waals surface area contributed by atoms with Gasteiger partial charge in [-0.25, -0.2) is 0 Å². The molecule has 0 spiro atoms. The lowest BCUT2D eigenvalue weighted by molar-refractivity contribution is -0.143. The molecule has 0 aromatic heterocycles. The number of hydrogen-bond acceptors (Lipinski definition) is 4. The Morgan fingerprint density at radius 3 is 2.53 bits per heavy atom. The molecule has 0 bridgehead atoms. The number of amides is 1. The predicted octanol–water partition coefficient (Wildman–Crippen LogP) is 0.0554. The lowest BCUT2D eigenvalue weighted by Crippen LogP contribution is -2.23. The van der Waals surface area contributed by atoms with E-state index >= 15 is 0 Å². The minimum atomic E-state index is -0.184. The van der Waals surface area contributed by atoms with Gasteiger partial charge in [0.1, 0.15) is 0 Å². The molecule has 88 valence electrons. The minimum Gasteiger partial charge on any atom is -0.466 e. The van der Waals surface area contributed by atoms with Gasteiger partial charge in [-0.3, -0.25) is 9.59 Å². The van der Waals surface area contributed by atoms with Gasteiger partial charge in [0, 0.05) is 20.0 Å². The molecule has 15 heavy (non-hydrogen) atoms. The third-order valence-electron chi connectivity index (χ3n) is 1.85. The van der Waals surface area contributed by atoms with Crippen molar-refractivity contribution >= 4 is 11.9 Å². The van der Waals surface area contributed by atoms with Crippen LogP contribution in [0.15, 0.2) is 0 Å². The molecular weight excluding hydrogens is 196 g/mol. The fraction of sp³-hybridized carbons (Fsp3) is 0.800. The second kappa shape index (κ2) is 9.45. The van der Waals surface area contributed by atoms with Crippen LogP contribution in [0.3, 0.4) is 0 Å². The van der Waals surface area contributed by atoms with Gasteiger partial charge in [-0.05, 0) is 19.9 Å². The van der Waals surface area contributed by atoms with Crippen molar-refractivity contribution in [2.75, 3.05) is 26.7 Å².